The van der Waals surface area contributed by atoms with Crippen molar-refractivity contribution in [3.63, 3.8) is 0 Å². The third-order valence-electron chi connectivity index (χ3n) is 2.60. The van der Waals surface area contributed by atoms with E-state index in [0.717, 1.165) is 5.69 Å². The number of primary amides is 1. The average molecular weight is 258 g/mol. The Labute approximate surface area is 110 Å². The van der Waals surface area contributed by atoms with Crippen LogP contribution in [0.15, 0.2) is 30.3 Å². The number of ether oxygens (including phenoxy) is 1. The summed E-state index contributed by atoms with van der Waals surface area (Å²) >= 11 is 0. The number of hydrogen-bond donors (Lipinski definition) is 2. The number of amides is 1. The first kappa shape index (κ1) is 12.9. The maximum absolute atomic E-state index is 11.5. The molecule has 3 N–H and O–H groups in total. The highest BCUT2D eigenvalue weighted by Gasteiger charge is 2.15. The molecule has 0 bridgehead atoms. The molecule has 19 heavy (non-hydrogen) atoms. The lowest BCUT2D eigenvalue weighted by Crippen LogP contribution is -2.15. The van der Waals surface area contributed by atoms with Gasteiger partial charge >= 0.3 is 0 Å². The van der Waals surface area contributed by atoms with Gasteiger partial charge in [0.2, 0.25) is 0 Å². The van der Waals surface area contributed by atoms with Gasteiger partial charge in [0, 0.05) is 11.8 Å². The van der Waals surface area contributed by atoms with Gasteiger partial charge < -0.3 is 15.6 Å². The number of nitrogens with zero attached hydrogens (tertiary/aromatic N) is 1. The van der Waals surface area contributed by atoms with E-state index in [1.54, 1.807) is 32.0 Å². The van der Waals surface area contributed by atoms with Crippen LogP contribution in [0.1, 0.15) is 21.7 Å². The highest BCUT2D eigenvalue weighted by atomic mass is 16.5. The summed E-state index contributed by atoms with van der Waals surface area (Å²) < 4.78 is 5.64. The second kappa shape index (κ2) is 4.97. The molecule has 98 valence electrons. The second-order valence-electron chi connectivity index (χ2n) is 4.18. The molecule has 0 saturated heterocycles. The van der Waals surface area contributed by atoms with Crippen molar-refractivity contribution in [3.8, 4) is 17.2 Å². The summed E-state index contributed by atoms with van der Waals surface area (Å²) in [6.45, 7) is 3.51. The Bertz CT molecular complexity index is 621. The van der Waals surface area contributed by atoms with Crippen molar-refractivity contribution in [2.24, 2.45) is 5.73 Å². The van der Waals surface area contributed by atoms with E-state index in [1.807, 2.05) is 0 Å². The third kappa shape index (κ3) is 2.82. The Kier molecular flexibility index (Phi) is 3.37. The highest BCUT2D eigenvalue weighted by Crippen LogP contribution is 2.28. The molecule has 1 aromatic carbocycles. The largest absolute Gasteiger partial charge is 0.508 e. The lowest BCUT2D eigenvalue weighted by atomic mass is 10.1. The molecule has 0 unspecified atom stereocenters. The van der Waals surface area contributed by atoms with Gasteiger partial charge in [-0.05, 0) is 38.1 Å². The fraction of sp³-hybridized carbons (Fsp3) is 0.143. The number of rotatable bonds is 3. The van der Waals surface area contributed by atoms with Gasteiger partial charge in [-0.1, -0.05) is 0 Å². The number of carbonyl (C=O) groups excluding carboxylic acids is 1. The molecule has 1 aromatic heterocycles. The maximum Gasteiger partial charge on any atom is 0.254 e. The third-order valence-corrected chi connectivity index (χ3v) is 2.60. The van der Waals surface area contributed by atoms with Crippen molar-refractivity contribution in [1.82, 2.24) is 4.98 Å². The van der Waals surface area contributed by atoms with Crippen LogP contribution in [0.3, 0.4) is 0 Å². The molecule has 0 radical (unpaired) electrons. The minimum Gasteiger partial charge on any atom is -0.508 e. The summed E-state index contributed by atoms with van der Waals surface area (Å²) in [4.78, 5) is 15.7. The lowest BCUT2D eigenvalue weighted by molar-refractivity contribution is 0.0997. The predicted molar refractivity (Wildman–Crippen MR) is 70.4 cm³/mol. The molecular weight excluding hydrogens is 244 g/mol. The fourth-order valence-corrected chi connectivity index (χ4v) is 1.81. The summed E-state index contributed by atoms with van der Waals surface area (Å²) in [5, 5.41) is 9.21. The van der Waals surface area contributed by atoms with Crippen LogP contribution in [0.25, 0.3) is 0 Å². The SMILES string of the molecule is Cc1cc(Oc2ccc(O)cc2)c(C(N)=O)c(C)n1. The van der Waals surface area contributed by atoms with Crippen LogP contribution in [0.2, 0.25) is 0 Å². The number of benzene rings is 1. The van der Waals surface area contributed by atoms with Crippen molar-refractivity contribution in [3.05, 3.63) is 47.3 Å². The van der Waals surface area contributed by atoms with E-state index in [9.17, 15) is 9.90 Å². The quantitative estimate of drug-likeness (QED) is 0.884. The Morgan fingerprint density at radius 2 is 1.89 bits per heavy atom. The summed E-state index contributed by atoms with van der Waals surface area (Å²) in [5.74, 6) is 0.428. The first-order valence-corrected chi connectivity index (χ1v) is 5.72. The molecule has 5 heteroatoms. The Balaban J connectivity index is 2.44. The molecular formula is C14H14N2O3. The van der Waals surface area contributed by atoms with Gasteiger partial charge in [0.05, 0.1) is 5.69 Å². The van der Waals surface area contributed by atoms with E-state index >= 15 is 0 Å². The van der Waals surface area contributed by atoms with E-state index in [0.29, 0.717) is 17.2 Å². The van der Waals surface area contributed by atoms with Crippen molar-refractivity contribution in [1.29, 1.82) is 0 Å². The van der Waals surface area contributed by atoms with Gasteiger partial charge in [0.1, 0.15) is 22.8 Å². The van der Waals surface area contributed by atoms with Gasteiger partial charge in [-0.15, -0.1) is 0 Å². The Hall–Kier alpha value is -2.56. The summed E-state index contributed by atoms with van der Waals surface area (Å²) in [7, 11) is 0. The smallest absolute Gasteiger partial charge is 0.254 e. The highest BCUT2D eigenvalue weighted by molar-refractivity contribution is 5.96. The van der Waals surface area contributed by atoms with Gasteiger partial charge in [0.15, 0.2) is 0 Å². The Morgan fingerprint density at radius 3 is 2.47 bits per heavy atom. The van der Waals surface area contributed by atoms with Crippen LogP contribution in [0.5, 0.6) is 17.2 Å². The zero-order valence-corrected chi connectivity index (χ0v) is 10.7. The molecule has 0 aliphatic heterocycles. The Morgan fingerprint density at radius 1 is 1.26 bits per heavy atom. The molecule has 5 nitrogen and oxygen atoms in total. The van der Waals surface area contributed by atoms with Crippen molar-refractivity contribution < 1.29 is 14.6 Å². The van der Waals surface area contributed by atoms with E-state index in [4.69, 9.17) is 10.5 Å². The van der Waals surface area contributed by atoms with E-state index in [1.165, 1.54) is 12.1 Å². The normalized spacial score (nSPS) is 10.2. The van der Waals surface area contributed by atoms with Gasteiger partial charge in [-0.25, -0.2) is 0 Å². The molecule has 0 saturated carbocycles. The van der Waals surface area contributed by atoms with Crippen molar-refractivity contribution in [2.45, 2.75) is 13.8 Å². The molecule has 0 fully saturated rings. The molecule has 2 rings (SSSR count). The number of hydrogen-bond acceptors (Lipinski definition) is 4. The monoisotopic (exact) mass is 258 g/mol. The summed E-state index contributed by atoms with van der Waals surface area (Å²) in [6.07, 6.45) is 0. The number of phenolic OH excluding ortho intramolecular Hbond substituents is 1. The van der Waals surface area contributed by atoms with Gasteiger partial charge in [-0.2, -0.15) is 0 Å². The molecule has 1 amide bonds. The first-order chi connectivity index (χ1) is 8.97. The van der Waals surface area contributed by atoms with Gasteiger partial charge in [0.25, 0.3) is 5.91 Å². The molecule has 0 spiro atoms. The van der Waals surface area contributed by atoms with Crippen LogP contribution in [-0.4, -0.2) is 16.0 Å². The van der Waals surface area contributed by atoms with Crippen LogP contribution < -0.4 is 10.5 Å². The number of nitrogens with two attached hydrogens (primary N) is 1. The zero-order chi connectivity index (χ0) is 14.0. The average Bonchev–Trinajstić information content (AvgIpc) is 2.30. The maximum atomic E-state index is 11.5. The summed E-state index contributed by atoms with van der Waals surface area (Å²) in [5.41, 5.74) is 6.87. The number of aromatic hydroxyl groups is 1. The zero-order valence-electron chi connectivity index (χ0n) is 10.7. The molecule has 0 atom stereocenters. The molecule has 0 aliphatic carbocycles. The van der Waals surface area contributed by atoms with E-state index < -0.39 is 5.91 Å². The second-order valence-corrected chi connectivity index (χ2v) is 4.18. The minimum atomic E-state index is -0.584. The number of aromatic nitrogens is 1. The number of aryl methyl sites for hydroxylation is 2. The molecule has 0 aliphatic rings. The number of carbonyl (C=O) groups is 1. The topological polar surface area (TPSA) is 85.4 Å². The van der Waals surface area contributed by atoms with Crippen molar-refractivity contribution >= 4 is 5.91 Å². The van der Waals surface area contributed by atoms with Crippen LogP contribution in [-0.2, 0) is 0 Å². The number of pyridine rings is 1. The van der Waals surface area contributed by atoms with E-state index in [2.05, 4.69) is 4.98 Å². The predicted octanol–water partition coefficient (Wildman–Crippen LogP) is 2.30. The van der Waals surface area contributed by atoms with Crippen LogP contribution in [0.4, 0.5) is 0 Å². The summed E-state index contributed by atoms with van der Waals surface area (Å²) in [6, 6.07) is 7.86. The van der Waals surface area contributed by atoms with E-state index in [-0.39, 0.29) is 11.3 Å². The molecule has 1 heterocycles. The number of phenols is 1. The lowest BCUT2D eigenvalue weighted by Gasteiger charge is -2.12. The standard InChI is InChI=1S/C14H14N2O3/c1-8-7-12(13(14(15)18)9(2)16-8)19-11-5-3-10(17)4-6-11/h3-7,17H,1-2H3,(H2,15,18). The van der Waals surface area contributed by atoms with Crippen molar-refractivity contribution in [2.75, 3.05) is 0 Å². The minimum absolute atomic E-state index is 0.143. The molecule has 2 aromatic rings. The van der Waals surface area contributed by atoms with Crippen LogP contribution in [0, 0.1) is 13.8 Å². The fourth-order valence-electron chi connectivity index (χ4n) is 1.81. The first-order valence-electron chi connectivity index (χ1n) is 5.72. The van der Waals surface area contributed by atoms with Gasteiger partial charge in [-0.3, -0.25) is 9.78 Å². The van der Waals surface area contributed by atoms with Crippen LogP contribution >= 0.6 is 0 Å².